The van der Waals surface area contributed by atoms with E-state index in [2.05, 4.69) is 34.2 Å². The molecule has 3 heteroatoms. The van der Waals surface area contributed by atoms with E-state index in [1.165, 1.54) is 5.56 Å². The van der Waals surface area contributed by atoms with Crippen molar-refractivity contribution in [1.29, 1.82) is 0 Å². The predicted molar refractivity (Wildman–Crippen MR) is 61.5 cm³/mol. The Balaban J connectivity index is 2.09. The van der Waals surface area contributed by atoms with Crippen LogP contribution in [0.2, 0.25) is 0 Å². The maximum absolute atomic E-state index is 9.44. The van der Waals surface area contributed by atoms with Crippen LogP contribution in [0, 0.1) is 6.92 Å². The lowest BCUT2D eigenvalue weighted by molar-refractivity contribution is 0.0786. The van der Waals surface area contributed by atoms with Crippen LogP contribution < -0.4 is 5.32 Å². The number of hydrogen-bond donors (Lipinski definition) is 2. The summed E-state index contributed by atoms with van der Waals surface area (Å²) in [5.41, 5.74) is 2.33. The van der Waals surface area contributed by atoms with Crippen molar-refractivity contribution in [2.45, 2.75) is 31.9 Å². The fourth-order valence-corrected chi connectivity index (χ4v) is 2.12. The Morgan fingerprint density at radius 2 is 2.21 bits per heavy atom. The highest BCUT2D eigenvalue weighted by atomic mass is 79.9. The van der Waals surface area contributed by atoms with Crippen molar-refractivity contribution >= 4 is 21.6 Å². The number of rotatable bonds is 2. The van der Waals surface area contributed by atoms with Crippen molar-refractivity contribution in [1.82, 2.24) is 0 Å². The largest absolute Gasteiger partial charge is 0.391 e. The molecule has 0 aromatic heterocycles. The second-order valence-corrected chi connectivity index (χ2v) is 4.77. The summed E-state index contributed by atoms with van der Waals surface area (Å²) in [6, 6.07) is 6.38. The van der Waals surface area contributed by atoms with Crippen molar-refractivity contribution in [3.05, 3.63) is 28.2 Å². The number of aliphatic hydroxyl groups is 1. The molecule has 2 nitrogen and oxygen atoms in total. The first-order valence-electron chi connectivity index (χ1n) is 4.87. The zero-order valence-electron chi connectivity index (χ0n) is 8.13. The van der Waals surface area contributed by atoms with Gasteiger partial charge in [0.05, 0.1) is 12.1 Å². The topological polar surface area (TPSA) is 32.3 Å². The zero-order valence-corrected chi connectivity index (χ0v) is 9.71. The average molecular weight is 256 g/mol. The van der Waals surface area contributed by atoms with Crippen LogP contribution in [0.15, 0.2) is 22.7 Å². The predicted octanol–water partition coefficient (Wildman–Crippen LogP) is 2.69. The summed E-state index contributed by atoms with van der Waals surface area (Å²) < 4.78 is 1.09. The van der Waals surface area contributed by atoms with E-state index in [1.54, 1.807) is 0 Å². The Bertz CT molecular complexity index is 340. The summed E-state index contributed by atoms with van der Waals surface area (Å²) >= 11 is 3.43. The van der Waals surface area contributed by atoms with Crippen molar-refractivity contribution in [2.75, 3.05) is 5.32 Å². The van der Waals surface area contributed by atoms with Crippen LogP contribution in [0.4, 0.5) is 5.69 Å². The van der Waals surface area contributed by atoms with Crippen LogP contribution in [0.1, 0.15) is 18.4 Å². The minimum Gasteiger partial charge on any atom is -0.391 e. The average Bonchev–Trinajstić information content (AvgIpc) is 2.14. The molecular formula is C11H14BrNO. The van der Waals surface area contributed by atoms with Gasteiger partial charge in [-0.15, -0.1) is 0 Å². The molecule has 1 fully saturated rings. The van der Waals surface area contributed by atoms with E-state index in [-0.39, 0.29) is 12.1 Å². The normalized spacial score (nSPS) is 25.6. The van der Waals surface area contributed by atoms with Gasteiger partial charge in [-0.2, -0.15) is 0 Å². The molecule has 0 aliphatic heterocycles. The first-order valence-corrected chi connectivity index (χ1v) is 5.67. The van der Waals surface area contributed by atoms with E-state index < -0.39 is 0 Å². The van der Waals surface area contributed by atoms with E-state index in [0.717, 1.165) is 23.0 Å². The monoisotopic (exact) mass is 255 g/mol. The fourth-order valence-electron chi connectivity index (χ4n) is 1.64. The lowest BCUT2D eigenvalue weighted by Crippen LogP contribution is -2.42. The molecule has 0 saturated heterocycles. The summed E-state index contributed by atoms with van der Waals surface area (Å²) in [4.78, 5) is 0. The second-order valence-electron chi connectivity index (χ2n) is 3.85. The van der Waals surface area contributed by atoms with E-state index in [4.69, 9.17) is 0 Å². The molecule has 0 radical (unpaired) electrons. The number of anilines is 1. The van der Waals surface area contributed by atoms with Crippen molar-refractivity contribution in [3.63, 3.8) is 0 Å². The maximum atomic E-state index is 9.44. The number of aryl methyl sites for hydroxylation is 1. The number of hydrogen-bond acceptors (Lipinski definition) is 2. The van der Waals surface area contributed by atoms with Gasteiger partial charge in [0.2, 0.25) is 0 Å². The van der Waals surface area contributed by atoms with Crippen molar-refractivity contribution < 1.29 is 5.11 Å². The molecule has 2 rings (SSSR count). The highest BCUT2D eigenvalue weighted by Gasteiger charge is 2.28. The van der Waals surface area contributed by atoms with Crippen LogP contribution >= 0.6 is 15.9 Å². The van der Waals surface area contributed by atoms with Crippen LogP contribution in [-0.2, 0) is 0 Å². The molecule has 2 atom stereocenters. The highest BCUT2D eigenvalue weighted by molar-refractivity contribution is 9.10. The molecule has 14 heavy (non-hydrogen) atoms. The molecule has 1 aromatic carbocycles. The van der Waals surface area contributed by atoms with Gasteiger partial charge in [-0.25, -0.2) is 0 Å². The van der Waals surface area contributed by atoms with E-state index in [1.807, 2.05) is 12.1 Å². The van der Waals surface area contributed by atoms with Crippen molar-refractivity contribution in [3.8, 4) is 0 Å². The molecular weight excluding hydrogens is 242 g/mol. The van der Waals surface area contributed by atoms with Gasteiger partial charge in [0.25, 0.3) is 0 Å². The van der Waals surface area contributed by atoms with Crippen LogP contribution in [0.3, 0.4) is 0 Å². The minimum absolute atomic E-state index is 0.168. The smallest absolute Gasteiger partial charge is 0.0741 e. The first-order chi connectivity index (χ1) is 6.66. The van der Waals surface area contributed by atoms with Gasteiger partial charge in [0.15, 0.2) is 0 Å². The summed E-state index contributed by atoms with van der Waals surface area (Å²) in [6.45, 7) is 2.07. The summed E-state index contributed by atoms with van der Waals surface area (Å²) in [5, 5.41) is 12.8. The van der Waals surface area contributed by atoms with Crippen LogP contribution in [0.25, 0.3) is 0 Å². The summed E-state index contributed by atoms with van der Waals surface area (Å²) in [6.07, 6.45) is 1.82. The molecule has 0 unspecified atom stereocenters. The number of halogens is 1. The first kappa shape index (κ1) is 9.99. The lowest BCUT2D eigenvalue weighted by atomic mass is 9.89. The Hall–Kier alpha value is -0.540. The molecule has 76 valence electrons. The number of aliphatic hydroxyl groups excluding tert-OH is 1. The van der Waals surface area contributed by atoms with E-state index in [9.17, 15) is 5.11 Å². The third kappa shape index (κ3) is 1.93. The SMILES string of the molecule is Cc1cc(Br)ccc1N[C@H]1CC[C@@H]1O. The van der Waals surface area contributed by atoms with E-state index in [0.29, 0.717) is 0 Å². The van der Waals surface area contributed by atoms with Crippen molar-refractivity contribution in [2.24, 2.45) is 0 Å². The Kier molecular flexibility index (Phi) is 2.79. The number of benzene rings is 1. The molecule has 1 aromatic rings. The molecule has 0 spiro atoms. The van der Waals surface area contributed by atoms with Gasteiger partial charge in [-0.05, 0) is 43.5 Å². The molecule has 1 saturated carbocycles. The molecule has 0 amide bonds. The molecule has 0 heterocycles. The molecule has 1 aliphatic carbocycles. The van der Waals surface area contributed by atoms with Gasteiger partial charge < -0.3 is 10.4 Å². The highest BCUT2D eigenvalue weighted by Crippen LogP contribution is 2.27. The minimum atomic E-state index is -0.168. The standard InChI is InChI=1S/C11H14BrNO/c1-7-6-8(12)2-3-9(7)13-10-4-5-11(10)14/h2-3,6,10-11,13-14H,4-5H2,1H3/t10-,11-/m0/s1. The maximum Gasteiger partial charge on any atom is 0.0741 e. The molecule has 0 bridgehead atoms. The molecule has 2 N–H and O–H groups in total. The van der Waals surface area contributed by atoms with E-state index >= 15 is 0 Å². The van der Waals surface area contributed by atoms with Gasteiger partial charge >= 0.3 is 0 Å². The fraction of sp³-hybridized carbons (Fsp3) is 0.455. The second kappa shape index (κ2) is 3.91. The van der Waals surface area contributed by atoms with Gasteiger partial charge in [-0.1, -0.05) is 15.9 Å². The third-order valence-electron chi connectivity index (χ3n) is 2.77. The molecule has 1 aliphatic rings. The quantitative estimate of drug-likeness (QED) is 0.852. The summed E-state index contributed by atoms with van der Waals surface area (Å²) in [5.74, 6) is 0. The Labute approximate surface area is 92.5 Å². The van der Waals surface area contributed by atoms with Gasteiger partial charge in [-0.3, -0.25) is 0 Å². The van der Waals surface area contributed by atoms with Gasteiger partial charge in [0.1, 0.15) is 0 Å². The van der Waals surface area contributed by atoms with Crippen LogP contribution in [0.5, 0.6) is 0 Å². The third-order valence-corrected chi connectivity index (χ3v) is 3.26. The Morgan fingerprint density at radius 3 is 2.71 bits per heavy atom. The summed E-state index contributed by atoms with van der Waals surface area (Å²) in [7, 11) is 0. The number of nitrogens with one attached hydrogen (secondary N) is 1. The zero-order chi connectivity index (χ0) is 10.1. The van der Waals surface area contributed by atoms with Gasteiger partial charge in [0, 0.05) is 10.2 Å². The lowest BCUT2D eigenvalue weighted by Gasteiger charge is -2.34. The van der Waals surface area contributed by atoms with Crippen LogP contribution in [-0.4, -0.2) is 17.3 Å². The Morgan fingerprint density at radius 1 is 1.43 bits per heavy atom.